The van der Waals surface area contributed by atoms with Crippen LogP contribution in [0.15, 0.2) is 63.6 Å². The van der Waals surface area contributed by atoms with Gasteiger partial charge in [-0.3, -0.25) is 14.2 Å². The first-order valence-electron chi connectivity index (χ1n) is 11.3. The molecule has 0 fully saturated rings. The highest BCUT2D eigenvalue weighted by Crippen LogP contribution is 2.35. The Morgan fingerprint density at radius 2 is 2.03 bits per heavy atom. The number of thiophene rings is 1. The summed E-state index contributed by atoms with van der Waals surface area (Å²) in [5.41, 5.74) is 5.85. The monoisotopic (exact) mass is 506 g/mol. The van der Waals surface area contributed by atoms with Crippen LogP contribution in [0.1, 0.15) is 34.4 Å². The molecule has 0 spiro atoms. The lowest BCUT2D eigenvalue weighted by Gasteiger charge is -2.13. The number of carbonyl (C=O) groups excluding carboxylic acids is 1. The number of nitrogens with one attached hydrogen (secondary N) is 1. The van der Waals surface area contributed by atoms with Crippen molar-refractivity contribution in [3.05, 3.63) is 86.3 Å². The Hall–Kier alpha value is -3.30. The maximum atomic E-state index is 13.7. The summed E-state index contributed by atoms with van der Waals surface area (Å²) in [6.45, 7) is 1.99. The van der Waals surface area contributed by atoms with Crippen molar-refractivity contribution in [1.82, 2.24) is 15.0 Å². The number of amides is 1. The van der Waals surface area contributed by atoms with Crippen LogP contribution in [0.4, 0.5) is 4.39 Å². The van der Waals surface area contributed by atoms with Crippen LogP contribution in [0.5, 0.6) is 0 Å². The largest absolute Gasteiger partial charge is 0.272 e. The molecule has 0 aliphatic heterocycles. The van der Waals surface area contributed by atoms with Gasteiger partial charge in [-0.1, -0.05) is 41.6 Å². The predicted octanol–water partition coefficient (Wildman–Crippen LogP) is 5.02. The van der Waals surface area contributed by atoms with Gasteiger partial charge in [0.05, 0.1) is 23.0 Å². The lowest BCUT2D eigenvalue weighted by molar-refractivity contribution is -0.118. The topological polar surface area (TPSA) is 76.3 Å². The molecule has 0 radical (unpaired) electrons. The lowest BCUT2D eigenvalue weighted by Crippen LogP contribution is -2.24. The zero-order chi connectivity index (χ0) is 24.4. The van der Waals surface area contributed by atoms with Gasteiger partial charge in [-0.2, -0.15) is 5.10 Å². The SMILES string of the molecule is Cc1ccc(-n2c(SCC(=O)NN=Cc3cccc(F)c3)nc3sc4c(c3c2=O)CCCC4)cc1. The fraction of sp³-hybridized carbons (Fsp3) is 0.231. The van der Waals surface area contributed by atoms with Gasteiger partial charge in [-0.05, 0) is 68.0 Å². The molecule has 178 valence electrons. The number of hydrogen-bond acceptors (Lipinski definition) is 6. The smallest absolute Gasteiger partial charge is 0.267 e. The molecule has 5 rings (SSSR count). The van der Waals surface area contributed by atoms with Crippen LogP contribution in [0, 0.1) is 12.7 Å². The van der Waals surface area contributed by atoms with Crippen molar-refractivity contribution in [1.29, 1.82) is 0 Å². The highest BCUT2D eigenvalue weighted by Gasteiger charge is 2.23. The molecule has 1 aliphatic rings. The number of hydrogen-bond donors (Lipinski definition) is 1. The number of nitrogens with zero attached hydrogens (tertiary/aromatic N) is 3. The van der Waals surface area contributed by atoms with E-state index in [-0.39, 0.29) is 23.0 Å². The molecule has 6 nitrogen and oxygen atoms in total. The normalized spacial score (nSPS) is 13.3. The van der Waals surface area contributed by atoms with E-state index in [1.807, 2.05) is 31.2 Å². The van der Waals surface area contributed by atoms with Crippen molar-refractivity contribution >= 4 is 45.4 Å². The summed E-state index contributed by atoms with van der Waals surface area (Å²) in [7, 11) is 0. The molecule has 1 aliphatic carbocycles. The Balaban J connectivity index is 1.43. The van der Waals surface area contributed by atoms with Crippen LogP contribution in [-0.4, -0.2) is 27.4 Å². The molecule has 1 amide bonds. The number of aryl methyl sites for hydroxylation is 3. The van der Waals surface area contributed by atoms with Crippen molar-refractivity contribution in [2.24, 2.45) is 5.10 Å². The standard InChI is InChI=1S/C26H23FN4O2S2/c1-16-9-11-19(12-10-16)31-25(33)23-20-7-2-3-8-21(20)35-24(23)29-26(31)34-15-22(32)30-28-14-17-5-4-6-18(27)13-17/h4-6,9-14H,2-3,7-8,15H2,1H3,(H,30,32). The Bertz CT molecular complexity index is 1490. The Kier molecular flexibility index (Phi) is 6.79. The first-order valence-corrected chi connectivity index (χ1v) is 13.1. The number of halogens is 1. The Morgan fingerprint density at radius 3 is 2.83 bits per heavy atom. The molecule has 1 N–H and O–H groups in total. The van der Waals surface area contributed by atoms with Gasteiger partial charge < -0.3 is 0 Å². The second kappa shape index (κ2) is 10.1. The summed E-state index contributed by atoms with van der Waals surface area (Å²) in [6.07, 6.45) is 5.47. The third kappa shape index (κ3) is 5.06. The number of carbonyl (C=O) groups is 1. The third-order valence-corrected chi connectivity index (χ3v) is 7.96. The van der Waals surface area contributed by atoms with Crippen LogP contribution in [-0.2, 0) is 17.6 Å². The van der Waals surface area contributed by atoms with Crippen LogP contribution in [0.25, 0.3) is 15.9 Å². The minimum absolute atomic E-state index is 0.0232. The van der Waals surface area contributed by atoms with E-state index in [0.29, 0.717) is 16.1 Å². The van der Waals surface area contributed by atoms with E-state index in [9.17, 15) is 14.0 Å². The van der Waals surface area contributed by atoms with Gasteiger partial charge in [0.15, 0.2) is 5.16 Å². The second-order valence-corrected chi connectivity index (χ2v) is 10.4. The summed E-state index contributed by atoms with van der Waals surface area (Å²) in [4.78, 5) is 33.0. The van der Waals surface area contributed by atoms with Gasteiger partial charge >= 0.3 is 0 Å². The highest BCUT2D eigenvalue weighted by atomic mass is 32.2. The molecule has 2 aromatic carbocycles. The van der Waals surface area contributed by atoms with Crippen molar-refractivity contribution in [2.75, 3.05) is 5.75 Å². The number of fused-ring (bicyclic) bond motifs is 3. The van der Waals surface area contributed by atoms with Gasteiger partial charge in [-0.25, -0.2) is 14.8 Å². The van der Waals surface area contributed by atoms with Gasteiger partial charge in [0, 0.05) is 4.88 Å². The van der Waals surface area contributed by atoms with Gasteiger partial charge in [0.2, 0.25) is 0 Å². The lowest BCUT2D eigenvalue weighted by atomic mass is 9.97. The van der Waals surface area contributed by atoms with Crippen LogP contribution in [0.2, 0.25) is 0 Å². The number of benzene rings is 2. The van der Waals surface area contributed by atoms with Crippen molar-refractivity contribution in [2.45, 2.75) is 37.8 Å². The molecule has 0 saturated heterocycles. The fourth-order valence-electron chi connectivity index (χ4n) is 4.13. The zero-order valence-corrected chi connectivity index (χ0v) is 20.7. The number of hydrazone groups is 1. The highest BCUT2D eigenvalue weighted by molar-refractivity contribution is 7.99. The summed E-state index contributed by atoms with van der Waals surface area (Å²) < 4.78 is 14.9. The molecule has 2 heterocycles. The van der Waals surface area contributed by atoms with E-state index in [0.717, 1.165) is 47.3 Å². The third-order valence-electron chi connectivity index (χ3n) is 5.83. The molecule has 4 aromatic rings. The quantitative estimate of drug-likeness (QED) is 0.173. The predicted molar refractivity (Wildman–Crippen MR) is 139 cm³/mol. The maximum absolute atomic E-state index is 13.7. The fourth-order valence-corrected chi connectivity index (χ4v) is 6.24. The molecule has 0 saturated carbocycles. The maximum Gasteiger partial charge on any atom is 0.267 e. The van der Waals surface area contributed by atoms with Crippen molar-refractivity contribution < 1.29 is 9.18 Å². The van der Waals surface area contributed by atoms with Gasteiger partial charge in [0.1, 0.15) is 10.6 Å². The molecule has 9 heteroatoms. The Labute approximate surface area is 209 Å². The van der Waals surface area contributed by atoms with E-state index in [2.05, 4.69) is 10.5 Å². The first kappa shape index (κ1) is 23.4. The van der Waals surface area contributed by atoms with E-state index in [1.165, 1.54) is 35.0 Å². The van der Waals surface area contributed by atoms with Crippen LogP contribution in [0.3, 0.4) is 0 Å². The van der Waals surface area contributed by atoms with E-state index < -0.39 is 0 Å². The minimum atomic E-state index is -0.373. The van der Waals surface area contributed by atoms with Gasteiger partial charge in [-0.15, -0.1) is 11.3 Å². The number of rotatable bonds is 6. The minimum Gasteiger partial charge on any atom is -0.272 e. The molecule has 2 aromatic heterocycles. The molecular formula is C26H23FN4O2S2. The van der Waals surface area contributed by atoms with E-state index >= 15 is 0 Å². The second-order valence-electron chi connectivity index (χ2n) is 8.40. The van der Waals surface area contributed by atoms with Crippen molar-refractivity contribution in [3.8, 4) is 5.69 Å². The first-order chi connectivity index (χ1) is 17.0. The zero-order valence-electron chi connectivity index (χ0n) is 19.1. The average Bonchev–Trinajstić information content (AvgIpc) is 3.22. The molecule has 35 heavy (non-hydrogen) atoms. The van der Waals surface area contributed by atoms with Gasteiger partial charge in [0.25, 0.3) is 11.5 Å². The summed E-state index contributed by atoms with van der Waals surface area (Å²) in [5.74, 6) is -0.699. The molecular weight excluding hydrogens is 483 g/mol. The number of thioether (sulfide) groups is 1. The summed E-state index contributed by atoms with van der Waals surface area (Å²) in [5, 5.41) is 5.08. The number of aromatic nitrogens is 2. The van der Waals surface area contributed by atoms with E-state index in [4.69, 9.17) is 4.98 Å². The molecule has 0 atom stereocenters. The van der Waals surface area contributed by atoms with Crippen LogP contribution >= 0.6 is 23.1 Å². The van der Waals surface area contributed by atoms with Crippen LogP contribution < -0.4 is 11.0 Å². The Morgan fingerprint density at radius 1 is 1.23 bits per heavy atom. The molecule has 0 bridgehead atoms. The van der Waals surface area contributed by atoms with Crippen molar-refractivity contribution in [3.63, 3.8) is 0 Å². The summed E-state index contributed by atoms with van der Waals surface area (Å²) >= 11 is 2.78. The summed E-state index contributed by atoms with van der Waals surface area (Å²) in [6, 6.07) is 13.6. The van der Waals surface area contributed by atoms with E-state index in [1.54, 1.807) is 28.0 Å². The molecule has 0 unspecified atom stereocenters. The average molecular weight is 507 g/mol.